The highest BCUT2D eigenvalue weighted by atomic mass is 79.9. The number of carbonyl (C=O) groups excluding carboxylic acids is 1. The lowest BCUT2D eigenvalue weighted by molar-refractivity contribution is -0.120. The average molecular weight is 368 g/mol. The maximum absolute atomic E-state index is 12.1. The molecule has 1 aromatic heterocycles. The van der Waals surface area contributed by atoms with Crippen LogP contribution >= 0.6 is 15.9 Å². The fourth-order valence-corrected chi connectivity index (χ4v) is 2.79. The van der Waals surface area contributed by atoms with Crippen LogP contribution < -0.4 is 5.43 Å². The van der Waals surface area contributed by atoms with Crippen molar-refractivity contribution in [1.29, 1.82) is 0 Å². The number of halogens is 1. The van der Waals surface area contributed by atoms with Crippen LogP contribution in [0.5, 0.6) is 0 Å². The van der Waals surface area contributed by atoms with E-state index in [0.29, 0.717) is 5.69 Å². The summed E-state index contributed by atoms with van der Waals surface area (Å²) in [5.41, 5.74) is 4.20. The molecule has 0 spiro atoms. The first-order chi connectivity index (χ1) is 11.2. The summed E-state index contributed by atoms with van der Waals surface area (Å²) in [5, 5.41) is 6.09. The number of aromatic nitrogens is 1. The Hall–Kier alpha value is -2.53. The largest absolute Gasteiger partial charge is 0.273 e. The molecular weight excluding hydrogens is 354 g/mol. The maximum atomic E-state index is 12.1. The third-order valence-electron chi connectivity index (χ3n) is 3.39. The molecule has 0 saturated carbocycles. The summed E-state index contributed by atoms with van der Waals surface area (Å²) in [6.07, 6.45) is 3.47. The third kappa shape index (κ3) is 3.81. The minimum absolute atomic E-state index is 0.162. The minimum Gasteiger partial charge on any atom is -0.273 e. The molecule has 0 bridgehead atoms. The van der Waals surface area contributed by atoms with Crippen LogP contribution in [0.15, 0.2) is 70.4 Å². The Balaban J connectivity index is 1.71. The predicted molar refractivity (Wildman–Crippen MR) is 95.3 cm³/mol. The second-order valence-electron chi connectivity index (χ2n) is 4.98. The molecule has 4 nitrogen and oxygen atoms in total. The zero-order valence-corrected chi connectivity index (χ0v) is 13.8. The van der Waals surface area contributed by atoms with Crippen molar-refractivity contribution in [2.24, 2.45) is 5.10 Å². The van der Waals surface area contributed by atoms with Gasteiger partial charge >= 0.3 is 0 Å². The quantitative estimate of drug-likeness (QED) is 0.564. The van der Waals surface area contributed by atoms with E-state index in [2.05, 4.69) is 31.4 Å². The van der Waals surface area contributed by atoms with Crippen LogP contribution in [0.3, 0.4) is 0 Å². The number of carbonyl (C=O) groups is 1. The van der Waals surface area contributed by atoms with Gasteiger partial charge in [-0.25, -0.2) is 5.43 Å². The monoisotopic (exact) mass is 367 g/mol. The number of hydrogen-bond acceptors (Lipinski definition) is 3. The molecule has 0 aliphatic rings. The first-order valence-electron chi connectivity index (χ1n) is 7.13. The van der Waals surface area contributed by atoms with Gasteiger partial charge in [0.1, 0.15) is 0 Å². The Kier molecular flexibility index (Phi) is 4.78. The molecule has 1 N–H and O–H groups in total. The van der Waals surface area contributed by atoms with Crippen molar-refractivity contribution >= 4 is 38.8 Å². The highest BCUT2D eigenvalue weighted by Gasteiger charge is 2.08. The zero-order chi connectivity index (χ0) is 16.1. The van der Waals surface area contributed by atoms with Crippen molar-refractivity contribution in [1.82, 2.24) is 10.4 Å². The van der Waals surface area contributed by atoms with Crippen LogP contribution in [0.4, 0.5) is 0 Å². The Morgan fingerprint density at radius 3 is 2.65 bits per heavy atom. The van der Waals surface area contributed by atoms with Gasteiger partial charge < -0.3 is 0 Å². The molecule has 0 radical (unpaired) electrons. The van der Waals surface area contributed by atoms with Gasteiger partial charge in [-0.1, -0.05) is 52.3 Å². The molecule has 0 saturated heterocycles. The molecule has 0 fully saturated rings. The topological polar surface area (TPSA) is 54.4 Å². The van der Waals surface area contributed by atoms with Gasteiger partial charge in [-0.15, -0.1) is 0 Å². The number of pyridine rings is 1. The Labute approximate surface area is 142 Å². The summed E-state index contributed by atoms with van der Waals surface area (Å²) in [5.74, 6) is -0.162. The van der Waals surface area contributed by atoms with E-state index in [9.17, 15) is 4.79 Å². The van der Waals surface area contributed by atoms with Crippen molar-refractivity contribution in [3.63, 3.8) is 0 Å². The van der Waals surface area contributed by atoms with E-state index in [1.807, 2.05) is 54.6 Å². The molecule has 1 amide bonds. The van der Waals surface area contributed by atoms with Crippen LogP contribution in [0.2, 0.25) is 0 Å². The highest BCUT2D eigenvalue weighted by molar-refractivity contribution is 9.10. The van der Waals surface area contributed by atoms with E-state index in [0.717, 1.165) is 20.8 Å². The summed E-state index contributed by atoms with van der Waals surface area (Å²) in [6, 6.07) is 17.4. The summed E-state index contributed by atoms with van der Waals surface area (Å²) in [6.45, 7) is 0. The minimum atomic E-state index is -0.162. The van der Waals surface area contributed by atoms with Crippen molar-refractivity contribution in [3.8, 4) is 0 Å². The van der Waals surface area contributed by atoms with Gasteiger partial charge in [0, 0.05) is 10.7 Å². The molecule has 0 aliphatic heterocycles. The van der Waals surface area contributed by atoms with E-state index in [1.54, 1.807) is 6.20 Å². The molecule has 3 rings (SSSR count). The number of rotatable bonds is 4. The van der Waals surface area contributed by atoms with E-state index < -0.39 is 0 Å². The normalized spacial score (nSPS) is 11.0. The van der Waals surface area contributed by atoms with Crippen molar-refractivity contribution in [2.45, 2.75) is 6.42 Å². The predicted octanol–water partition coefficient (Wildman–Crippen LogP) is 3.69. The van der Waals surface area contributed by atoms with Crippen LogP contribution in [-0.2, 0) is 11.2 Å². The zero-order valence-electron chi connectivity index (χ0n) is 12.2. The molecule has 2 aromatic carbocycles. The van der Waals surface area contributed by atoms with Gasteiger partial charge in [0.25, 0.3) is 0 Å². The number of hydrazone groups is 1. The number of fused-ring (bicyclic) bond motifs is 1. The first-order valence-corrected chi connectivity index (χ1v) is 7.92. The molecule has 0 unspecified atom stereocenters. The summed E-state index contributed by atoms with van der Waals surface area (Å²) in [4.78, 5) is 16.2. The number of hydrogen-bond donors (Lipinski definition) is 1. The Morgan fingerprint density at radius 1 is 1.09 bits per heavy atom. The lowest BCUT2D eigenvalue weighted by atomic mass is 10.0. The average Bonchev–Trinajstić information content (AvgIpc) is 2.59. The summed E-state index contributed by atoms with van der Waals surface area (Å²) < 4.78 is 1.02. The molecule has 0 atom stereocenters. The molecule has 5 heteroatoms. The molecule has 0 aliphatic carbocycles. The van der Waals surface area contributed by atoms with Gasteiger partial charge in [0.15, 0.2) is 0 Å². The number of nitrogens with one attached hydrogen (secondary N) is 1. The summed E-state index contributed by atoms with van der Waals surface area (Å²) >= 11 is 3.53. The van der Waals surface area contributed by atoms with Crippen LogP contribution in [0.25, 0.3) is 10.8 Å². The van der Waals surface area contributed by atoms with E-state index in [1.165, 1.54) is 6.21 Å². The van der Waals surface area contributed by atoms with E-state index in [-0.39, 0.29) is 12.3 Å². The SMILES string of the molecule is O=C(Cc1ccc(Br)c2ccccc12)NN=Cc1ccccn1. The molecule has 3 aromatic rings. The number of amides is 1. The lowest BCUT2D eigenvalue weighted by Crippen LogP contribution is -2.20. The molecule has 23 heavy (non-hydrogen) atoms. The van der Waals surface area contributed by atoms with E-state index >= 15 is 0 Å². The lowest BCUT2D eigenvalue weighted by Gasteiger charge is -2.07. The Morgan fingerprint density at radius 2 is 1.87 bits per heavy atom. The van der Waals surface area contributed by atoms with Gasteiger partial charge in [-0.2, -0.15) is 5.10 Å². The maximum Gasteiger partial charge on any atom is 0.244 e. The van der Waals surface area contributed by atoms with Crippen molar-refractivity contribution in [2.75, 3.05) is 0 Å². The van der Waals surface area contributed by atoms with E-state index in [4.69, 9.17) is 0 Å². The van der Waals surface area contributed by atoms with Crippen molar-refractivity contribution in [3.05, 3.63) is 76.5 Å². The Bertz CT molecular complexity index is 863. The fourth-order valence-electron chi connectivity index (χ4n) is 2.31. The second-order valence-corrected chi connectivity index (χ2v) is 5.83. The second kappa shape index (κ2) is 7.15. The standard InChI is InChI=1S/C18H14BrN3O/c19-17-9-8-13(15-6-1-2-7-16(15)17)11-18(23)22-21-12-14-5-3-4-10-20-14/h1-10,12H,11H2,(H,22,23). The van der Waals surface area contributed by atoms with Gasteiger partial charge in [0.05, 0.1) is 18.3 Å². The number of nitrogens with zero attached hydrogens (tertiary/aromatic N) is 2. The van der Waals surface area contributed by atoms with Crippen LogP contribution in [0, 0.1) is 0 Å². The first kappa shape index (κ1) is 15.4. The summed E-state index contributed by atoms with van der Waals surface area (Å²) in [7, 11) is 0. The van der Waals surface area contributed by atoms with Gasteiger partial charge in [0.2, 0.25) is 5.91 Å². The third-order valence-corrected chi connectivity index (χ3v) is 4.08. The number of benzene rings is 2. The van der Waals surface area contributed by atoms with Gasteiger partial charge in [-0.05, 0) is 34.5 Å². The van der Waals surface area contributed by atoms with Crippen LogP contribution in [0.1, 0.15) is 11.3 Å². The van der Waals surface area contributed by atoms with Crippen molar-refractivity contribution < 1.29 is 4.79 Å². The highest BCUT2D eigenvalue weighted by Crippen LogP contribution is 2.27. The fraction of sp³-hybridized carbons (Fsp3) is 0.0556. The van der Waals surface area contributed by atoms with Gasteiger partial charge in [-0.3, -0.25) is 9.78 Å². The molecule has 114 valence electrons. The van der Waals surface area contributed by atoms with Crippen LogP contribution in [-0.4, -0.2) is 17.1 Å². The smallest absolute Gasteiger partial charge is 0.244 e. The molecule has 1 heterocycles. The molecular formula is C18H14BrN3O.